The lowest BCUT2D eigenvalue weighted by Gasteiger charge is -2.36. The molecule has 3 nitrogen and oxygen atoms in total. The Morgan fingerprint density at radius 2 is 1.89 bits per heavy atom. The van der Waals surface area contributed by atoms with Crippen LogP contribution in [0, 0.1) is 11.2 Å². The van der Waals surface area contributed by atoms with E-state index < -0.39 is 0 Å². The van der Waals surface area contributed by atoms with E-state index >= 15 is 0 Å². The Kier molecular flexibility index (Phi) is 5.76. The second kappa shape index (κ2) is 6.87. The van der Waals surface area contributed by atoms with Crippen molar-refractivity contribution in [1.82, 2.24) is 10.6 Å². The average molecular weight is 287 g/mol. The third kappa shape index (κ3) is 3.67. The van der Waals surface area contributed by atoms with Crippen LogP contribution in [0.1, 0.15) is 18.4 Å². The van der Waals surface area contributed by atoms with Gasteiger partial charge in [-0.05, 0) is 50.0 Å². The fourth-order valence-electron chi connectivity index (χ4n) is 2.65. The first kappa shape index (κ1) is 15.9. The van der Waals surface area contributed by atoms with Gasteiger partial charge in [0.05, 0.1) is 5.41 Å². The quantitative estimate of drug-likeness (QED) is 0.891. The number of hydrogen-bond acceptors (Lipinski definition) is 2. The Morgan fingerprint density at radius 3 is 2.42 bits per heavy atom. The molecule has 2 rings (SSSR count). The molecule has 1 fully saturated rings. The van der Waals surface area contributed by atoms with Gasteiger partial charge >= 0.3 is 0 Å². The predicted molar refractivity (Wildman–Crippen MR) is 76.0 cm³/mol. The van der Waals surface area contributed by atoms with E-state index in [0.29, 0.717) is 6.42 Å². The summed E-state index contributed by atoms with van der Waals surface area (Å²) in [4.78, 5) is 12.1. The van der Waals surface area contributed by atoms with Gasteiger partial charge in [0.1, 0.15) is 5.82 Å². The Morgan fingerprint density at radius 1 is 1.32 bits per heavy atom. The van der Waals surface area contributed by atoms with Crippen molar-refractivity contribution < 1.29 is 9.18 Å². The fraction of sp³-hybridized carbons (Fsp3) is 0.500. The van der Waals surface area contributed by atoms with Gasteiger partial charge in [0.2, 0.25) is 5.91 Å². The molecule has 5 heteroatoms. The first-order valence-corrected chi connectivity index (χ1v) is 6.34. The zero-order valence-corrected chi connectivity index (χ0v) is 11.9. The molecule has 2 N–H and O–H groups in total. The Bertz CT molecular complexity index is 416. The van der Waals surface area contributed by atoms with Crippen LogP contribution in [-0.2, 0) is 11.2 Å². The van der Waals surface area contributed by atoms with Gasteiger partial charge in [0.25, 0.3) is 0 Å². The maximum atomic E-state index is 12.9. The molecule has 0 saturated carbocycles. The molecule has 1 aromatic rings. The minimum absolute atomic E-state index is 0. The van der Waals surface area contributed by atoms with Gasteiger partial charge in [-0.25, -0.2) is 4.39 Å². The number of hydrogen-bond donors (Lipinski definition) is 2. The van der Waals surface area contributed by atoms with E-state index in [4.69, 9.17) is 0 Å². The number of carbonyl (C=O) groups excluding carboxylic acids is 1. The van der Waals surface area contributed by atoms with Gasteiger partial charge in [0.15, 0.2) is 0 Å². The van der Waals surface area contributed by atoms with Crippen LogP contribution in [0.5, 0.6) is 0 Å². The monoisotopic (exact) mass is 286 g/mol. The molecule has 1 aromatic carbocycles. The molecule has 0 unspecified atom stereocenters. The van der Waals surface area contributed by atoms with Crippen molar-refractivity contribution in [1.29, 1.82) is 0 Å². The van der Waals surface area contributed by atoms with Crippen LogP contribution in [0.15, 0.2) is 24.3 Å². The third-order valence-corrected chi connectivity index (χ3v) is 3.73. The molecule has 0 bridgehead atoms. The van der Waals surface area contributed by atoms with Gasteiger partial charge in [-0.3, -0.25) is 4.79 Å². The Labute approximate surface area is 119 Å². The van der Waals surface area contributed by atoms with Crippen molar-refractivity contribution in [3.8, 4) is 0 Å². The van der Waals surface area contributed by atoms with Crippen molar-refractivity contribution in [2.75, 3.05) is 20.1 Å². The molecule has 0 atom stereocenters. The van der Waals surface area contributed by atoms with E-state index in [2.05, 4.69) is 10.6 Å². The van der Waals surface area contributed by atoms with Crippen LogP contribution in [0.3, 0.4) is 0 Å². The van der Waals surface area contributed by atoms with E-state index in [-0.39, 0.29) is 29.5 Å². The normalized spacial score (nSPS) is 17.4. The summed E-state index contributed by atoms with van der Waals surface area (Å²) in [5.74, 6) is -0.147. The number of piperidine rings is 1. The molecule has 1 aliphatic rings. The SMILES string of the molecule is CNC(=O)C1(Cc2ccc(F)cc2)CCNCC1.Cl. The first-order chi connectivity index (χ1) is 8.66. The molecule has 1 saturated heterocycles. The summed E-state index contributed by atoms with van der Waals surface area (Å²) in [6.45, 7) is 1.71. The van der Waals surface area contributed by atoms with Crippen LogP contribution in [0.2, 0.25) is 0 Å². The van der Waals surface area contributed by atoms with Crippen molar-refractivity contribution >= 4 is 18.3 Å². The molecule has 1 amide bonds. The lowest BCUT2D eigenvalue weighted by atomic mass is 9.73. The number of amides is 1. The third-order valence-electron chi connectivity index (χ3n) is 3.73. The van der Waals surface area contributed by atoms with E-state index in [9.17, 15) is 9.18 Å². The van der Waals surface area contributed by atoms with Crippen LogP contribution < -0.4 is 10.6 Å². The summed E-state index contributed by atoms with van der Waals surface area (Å²) in [6.07, 6.45) is 2.32. The van der Waals surface area contributed by atoms with Gasteiger partial charge in [0, 0.05) is 7.05 Å². The number of benzene rings is 1. The smallest absolute Gasteiger partial charge is 0.226 e. The zero-order chi connectivity index (χ0) is 13.0. The minimum Gasteiger partial charge on any atom is -0.359 e. The Balaban J connectivity index is 0.00000180. The molecule has 0 spiro atoms. The average Bonchev–Trinajstić information content (AvgIpc) is 2.41. The topological polar surface area (TPSA) is 41.1 Å². The lowest BCUT2D eigenvalue weighted by Crippen LogP contribution is -2.48. The summed E-state index contributed by atoms with van der Waals surface area (Å²) in [6, 6.07) is 6.44. The lowest BCUT2D eigenvalue weighted by molar-refractivity contribution is -0.132. The predicted octanol–water partition coefficient (Wildman–Crippen LogP) is 1.91. The first-order valence-electron chi connectivity index (χ1n) is 6.34. The van der Waals surface area contributed by atoms with Crippen molar-refractivity contribution in [2.24, 2.45) is 5.41 Å². The Hall–Kier alpha value is -1.13. The highest BCUT2D eigenvalue weighted by Gasteiger charge is 2.38. The highest BCUT2D eigenvalue weighted by molar-refractivity contribution is 5.85. The van der Waals surface area contributed by atoms with Gasteiger partial charge in [-0.15, -0.1) is 12.4 Å². The maximum Gasteiger partial charge on any atom is 0.226 e. The fourth-order valence-corrected chi connectivity index (χ4v) is 2.65. The largest absolute Gasteiger partial charge is 0.359 e. The van der Waals surface area contributed by atoms with Crippen molar-refractivity contribution in [3.05, 3.63) is 35.6 Å². The van der Waals surface area contributed by atoms with Gasteiger partial charge in [-0.1, -0.05) is 12.1 Å². The molecule has 1 aliphatic heterocycles. The number of nitrogens with one attached hydrogen (secondary N) is 2. The van der Waals surface area contributed by atoms with Crippen LogP contribution in [-0.4, -0.2) is 26.0 Å². The molecule has 106 valence electrons. The second-order valence-electron chi connectivity index (χ2n) is 4.91. The molecule has 1 heterocycles. The molecule has 0 aromatic heterocycles. The van der Waals surface area contributed by atoms with Crippen LogP contribution in [0.25, 0.3) is 0 Å². The second-order valence-corrected chi connectivity index (χ2v) is 4.91. The highest BCUT2D eigenvalue weighted by Crippen LogP contribution is 2.33. The van der Waals surface area contributed by atoms with E-state index in [1.807, 2.05) is 0 Å². The molecule has 19 heavy (non-hydrogen) atoms. The molecule has 0 aliphatic carbocycles. The van der Waals surface area contributed by atoms with E-state index in [0.717, 1.165) is 31.5 Å². The standard InChI is InChI=1S/C14H19FN2O.ClH/c1-16-13(18)14(6-8-17-9-7-14)10-11-2-4-12(15)5-3-11;/h2-5,17H,6-10H2,1H3,(H,16,18);1H. The number of rotatable bonds is 3. The summed E-state index contributed by atoms with van der Waals surface area (Å²) in [5.41, 5.74) is 0.666. The molecule has 0 radical (unpaired) electrons. The van der Waals surface area contributed by atoms with E-state index in [1.165, 1.54) is 12.1 Å². The summed E-state index contributed by atoms with van der Waals surface area (Å²) >= 11 is 0. The summed E-state index contributed by atoms with van der Waals surface area (Å²) in [7, 11) is 1.68. The summed E-state index contributed by atoms with van der Waals surface area (Å²) < 4.78 is 12.9. The molecular weight excluding hydrogens is 267 g/mol. The zero-order valence-electron chi connectivity index (χ0n) is 11.0. The number of halogens is 2. The highest BCUT2D eigenvalue weighted by atomic mass is 35.5. The molecular formula is C14H20ClFN2O. The van der Waals surface area contributed by atoms with Crippen molar-refractivity contribution in [3.63, 3.8) is 0 Å². The van der Waals surface area contributed by atoms with Crippen LogP contribution in [0.4, 0.5) is 4.39 Å². The van der Waals surface area contributed by atoms with Crippen molar-refractivity contribution in [2.45, 2.75) is 19.3 Å². The minimum atomic E-state index is -0.349. The van der Waals surface area contributed by atoms with E-state index in [1.54, 1.807) is 19.2 Å². The summed E-state index contributed by atoms with van der Waals surface area (Å²) in [5, 5.41) is 6.04. The maximum absolute atomic E-state index is 12.9. The van der Waals surface area contributed by atoms with Gasteiger partial charge in [-0.2, -0.15) is 0 Å². The number of carbonyl (C=O) groups is 1. The van der Waals surface area contributed by atoms with Crippen LogP contribution >= 0.6 is 12.4 Å². The van der Waals surface area contributed by atoms with Gasteiger partial charge < -0.3 is 10.6 Å².